The molecule has 0 saturated heterocycles. The summed E-state index contributed by atoms with van der Waals surface area (Å²) in [5.74, 6) is 0.0779. The molecule has 0 aromatic carbocycles. The number of nitrogens with zero attached hydrogens (tertiary/aromatic N) is 3. The third kappa shape index (κ3) is 3.74. The number of likely N-dealkylation sites (N-methyl/N-ethyl adjacent to an activating group) is 1. The van der Waals surface area contributed by atoms with E-state index in [0.717, 1.165) is 10.00 Å². The molecule has 0 atom stereocenters. The van der Waals surface area contributed by atoms with Gasteiger partial charge in [0, 0.05) is 12.7 Å². The van der Waals surface area contributed by atoms with E-state index in [9.17, 15) is 13.2 Å². The highest BCUT2D eigenvalue weighted by molar-refractivity contribution is 7.89. The molecule has 1 N–H and O–H groups in total. The number of hydrogen-bond acceptors (Lipinski definition) is 6. The highest BCUT2D eigenvalue weighted by Gasteiger charge is 2.29. The molecule has 0 fully saturated rings. The van der Waals surface area contributed by atoms with E-state index < -0.39 is 15.9 Å². The van der Waals surface area contributed by atoms with E-state index in [-0.39, 0.29) is 22.9 Å². The minimum absolute atomic E-state index is 0.0125. The molecule has 0 aliphatic rings. The van der Waals surface area contributed by atoms with Crippen molar-refractivity contribution in [1.82, 2.24) is 14.4 Å². The zero-order valence-electron chi connectivity index (χ0n) is 13.3. The quantitative estimate of drug-likeness (QED) is 0.879. The Balaban J connectivity index is 2.12. The van der Waals surface area contributed by atoms with E-state index >= 15 is 0 Å². The second-order valence-electron chi connectivity index (χ2n) is 5.13. The van der Waals surface area contributed by atoms with Gasteiger partial charge in [0.25, 0.3) is 0 Å². The average molecular weight is 338 g/mol. The Bertz CT molecular complexity index is 810. The fraction of sp³-hybridized carbons (Fsp3) is 0.357. The summed E-state index contributed by atoms with van der Waals surface area (Å²) >= 11 is 0. The number of hydrogen-bond donors (Lipinski definition) is 1. The van der Waals surface area contributed by atoms with Gasteiger partial charge in [0.15, 0.2) is 5.76 Å². The Morgan fingerprint density at radius 2 is 2.00 bits per heavy atom. The largest absolute Gasteiger partial charge is 0.360 e. The molecule has 2 aromatic heterocycles. The standard InChI is InChI=1S/C14H18N4O4S/c1-9-6-5-7-12(15-9)16-13(19)8-18(4)23(20,21)14-10(2)17-22-11(14)3/h5-7H,8H2,1-4H3,(H,15,16,19). The van der Waals surface area contributed by atoms with Crippen LogP contribution in [0.5, 0.6) is 0 Å². The Morgan fingerprint density at radius 3 is 2.57 bits per heavy atom. The van der Waals surface area contributed by atoms with Gasteiger partial charge in [-0.1, -0.05) is 11.2 Å². The number of carbonyl (C=O) groups excluding carboxylic acids is 1. The van der Waals surface area contributed by atoms with Crippen LogP contribution in [0.3, 0.4) is 0 Å². The summed E-state index contributed by atoms with van der Waals surface area (Å²) in [6.07, 6.45) is 0. The number of carbonyl (C=O) groups is 1. The van der Waals surface area contributed by atoms with Crippen molar-refractivity contribution in [2.75, 3.05) is 18.9 Å². The lowest BCUT2D eigenvalue weighted by molar-refractivity contribution is -0.116. The fourth-order valence-electron chi connectivity index (χ4n) is 2.08. The molecule has 0 unspecified atom stereocenters. The SMILES string of the molecule is Cc1cccc(NC(=O)CN(C)S(=O)(=O)c2c(C)noc2C)n1. The molecule has 0 aliphatic heterocycles. The molecular formula is C14H18N4O4S. The van der Waals surface area contributed by atoms with E-state index in [1.165, 1.54) is 20.9 Å². The Hall–Kier alpha value is -2.26. The lowest BCUT2D eigenvalue weighted by Crippen LogP contribution is -2.35. The first kappa shape index (κ1) is 17.1. The van der Waals surface area contributed by atoms with E-state index in [1.54, 1.807) is 25.1 Å². The zero-order chi connectivity index (χ0) is 17.2. The normalized spacial score (nSPS) is 11.7. The van der Waals surface area contributed by atoms with Crippen LogP contribution in [0.2, 0.25) is 0 Å². The molecule has 1 amide bonds. The van der Waals surface area contributed by atoms with Crippen molar-refractivity contribution in [1.29, 1.82) is 0 Å². The fourth-order valence-corrected chi connectivity index (χ4v) is 3.49. The summed E-state index contributed by atoms with van der Waals surface area (Å²) in [7, 11) is -2.53. The van der Waals surface area contributed by atoms with Crippen LogP contribution in [-0.2, 0) is 14.8 Å². The van der Waals surface area contributed by atoms with Crippen LogP contribution in [-0.4, -0.2) is 42.4 Å². The molecule has 2 aromatic rings. The maximum Gasteiger partial charge on any atom is 0.248 e. The smallest absolute Gasteiger partial charge is 0.248 e. The maximum atomic E-state index is 12.5. The van der Waals surface area contributed by atoms with Gasteiger partial charge in [0.05, 0.1) is 6.54 Å². The van der Waals surface area contributed by atoms with Gasteiger partial charge in [0.1, 0.15) is 16.4 Å². The molecule has 2 heterocycles. The van der Waals surface area contributed by atoms with Crippen LogP contribution in [0.25, 0.3) is 0 Å². The Labute approximate surface area is 134 Å². The molecule has 9 heteroatoms. The first-order chi connectivity index (χ1) is 10.7. The van der Waals surface area contributed by atoms with Crippen LogP contribution in [0.4, 0.5) is 5.82 Å². The predicted molar refractivity (Wildman–Crippen MR) is 83.4 cm³/mol. The summed E-state index contributed by atoms with van der Waals surface area (Å²) < 4.78 is 30.8. The van der Waals surface area contributed by atoms with E-state index in [0.29, 0.717) is 5.82 Å². The number of aryl methyl sites for hydroxylation is 3. The van der Waals surface area contributed by atoms with Crippen molar-refractivity contribution in [3.63, 3.8) is 0 Å². The lowest BCUT2D eigenvalue weighted by atomic mass is 10.4. The van der Waals surface area contributed by atoms with Crippen molar-refractivity contribution >= 4 is 21.7 Å². The van der Waals surface area contributed by atoms with E-state index in [4.69, 9.17) is 4.52 Å². The van der Waals surface area contributed by atoms with Gasteiger partial charge in [-0.05, 0) is 32.9 Å². The molecule has 23 heavy (non-hydrogen) atoms. The van der Waals surface area contributed by atoms with Crippen molar-refractivity contribution < 1.29 is 17.7 Å². The Morgan fingerprint density at radius 1 is 1.30 bits per heavy atom. The van der Waals surface area contributed by atoms with Crippen molar-refractivity contribution in [2.24, 2.45) is 0 Å². The second-order valence-corrected chi connectivity index (χ2v) is 7.11. The molecule has 0 saturated carbocycles. The topological polar surface area (TPSA) is 105 Å². The first-order valence-corrected chi connectivity index (χ1v) is 8.28. The molecule has 0 bridgehead atoms. The van der Waals surface area contributed by atoms with Gasteiger partial charge in [-0.15, -0.1) is 0 Å². The summed E-state index contributed by atoms with van der Waals surface area (Å²) in [6, 6.07) is 5.18. The molecule has 2 rings (SSSR count). The number of aromatic nitrogens is 2. The van der Waals surface area contributed by atoms with Crippen molar-refractivity contribution in [3.05, 3.63) is 35.3 Å². The van der Waals surface area contributed by atoms with Gasteiger partial charge < -0.3 is 9.84 Å². The number of nitrogens with one attached hydrogen (secondary N) is 1. The molecule has 0 aliphatic carbocycles. The van der Waals surface area contributed by atoms with Crippen LogP contribution in [0.1, 0.15) is 17.1 Å². The van der Waals surface area contributed by atoms with Gasteiger partial charge in [-0.3, -0.25) is 4.79 Å². The van der Waals surface area contributed by atoms with Crippen LogP contribution in [0, 0.1) is 20.8 Å². The minimum Gasteiger partial charge on any atom is -0.360 e. The van der Waals surface area contributed by atoms with E-state index in [1.807, 2.05) is 0 Å². The van der Waals surface area contributed by atoms with Crippen LogP contribution < -0.4 is 5.32 Å². The predicted octanol–water partition coefficient (Wildman–Crippen LogP) is 1.25. The number of rotatable bonds is 5. The maximum absolute atomic E-state index is 12.5. The average Bonchev–Trinajstić information content (AvgIpc) is 2.78. The number of amides is 1. The first-order valence-electron chi connectivity index (χ1n) is 6.84. The number of pyridine rings is 1. The molecule has 8 nitrogen and oxygen atoms in total. The zero-order valence-corrected chi connectivity index (χ0v) is 14.1. The number of sulfonamides is 1. The van der Waals surface area contributed by atoms with Crippen molar-refractivity contribution in [3.8, 4) is 0 Å². The molecule has 124 valence electrons. The minimum atomic E-state index is -3.86. The molecule has 0 spiro atoms. The highest BCUT2D eigenvalue weighted by Crippen LogP contribution is 2.22. The van der Waals surface area contributed by atoms with Gasteiger partial charge in [-0.2, -0.15) is 4.31 Å². The van der Waals surface area contributed by atoms with Gasteiger partial charge in [-0.25, -0.2) is 13.4 Å². The molecule has 0 radical (unpaired) electrons. The van der Waals surface area contributed by atoms with Crippen LogP contribution >= 0.6 is 0 Å². The lowest BCUT2D eigenvalue weighted by Gasteiger charge is -2.16. The monoisotopic (exact) mass is 338 g/mol. The Kier molecular flexibility index (Phi) is 4.81. The second kappa shape index (κ2) is 6.47. The van der Waals surface area contributed by atoms with E-state index in [2.05, 4.69) is 15.5 Å². The number of anilines is 1. The summed E-state index contributed by atoms with van der Waals surface area (Å²) in [6.45, 7) is 4.50. The highest BCUT2D eigenvalue weighted by atomic mass is 32.2. The van der Waals surface area contributed by atoms with Gasteiger partial charge >= 0.3 is 0 Å². The van der Waals surface area contributed by atoms with Crippen LogP contribution in [0.15, 0.2) is 27.6 Å². The third-order valence-electron chi connectivity index (χ3n) is 3.16. The van der Waals surface area contributed by atoms with Crippen molar-refractivity contribution in [2.45, 2.75) is 25.7 Å². The third-order valence-corrected chi connectivity index (χ3v) is 5.21. The van der Waals surface area contributed by atoms with Gasteiger partial charge in [0.2, 0.25) is 15.9 Å². The summed E-state index contributed by atoms with van der Waals surface area (Å²) in [5.41, 5.74) is 1.01. The summed E-state index contributed by atoms with van der Waals surface area (Å²) in [5, 5.41) is 6.20. The molecular weight excluding hydrogens is 320 g/mol. The summed E-state index contributed by atoms with van der Waals surface area (Å²) in [4.78, 5) is 16.1.